The summed E-state index contributed by atoms with van der Waals surface area (Å²) in [6.07, 6.45) is 7.00. The number of nitrogens with one attached hydrogen (secondary N) is 1. The molecule has 4 heterocycles. The highest BCUT2D eigenvalue weighted by atomic mass is 16.3. The summed E-state index contributed by atoms with van der Waals surface area (Å²) in [6, 6.07) is 12.2. The van der Waals surface area contributed by atoms with Gasteiger partial charge in [-0.15, -0.1) is 0 Å². The second-order valence-corrected chi connectivity index (χ2v) is 8.62. The second-order valence-electron chi connectivity index (χ2n) is 8.62. The van der Waals surface area contributed by atoms with Crippen molar-refractivity contribution in [3.63, 3.8) is 0 Å². The summed E-state index contributed by atoms with van der Waals surface area (Å²) in [5.41, 5.74) is 3.68. The number of carbonyl (C=O) groups excluding carboxylic acids is 2. The van der Waals surface area contributed by atoms with Crippen molar-refractivity contribution in [2.45, 2.75) is 44.8 Å². The zero-order valence-corrected chi connectivity index (χ0v) is 18.1. The Labute approximate surface area is 187 Å². The topological polar surface area (TPSA) is 78.9 Å². The van der Waals surface area contributed by atoms with E-state index in [4.69, 9.17) is 8.83 Å². The van der Waals surface area contributed by atoms with Crippen LogP contribution in [-0.4, -0.2) is 41.9 Å². The Morgan fingerprint density at radius 1 is 1.09 bits per heavy atom. The minimum Gasteiger partial charge on any atom is -0.472 e. The molecule has 0 radical (unpaired) electrons. The van der Waals surface area contributed by atoms with Crippen LogP contribution in [0.15, 0.2) is 64.0 Å². The van der Waals surface area contributed by atoms with Gasteiger partial charge >= 0.3 is 0 Å². The van der Waals surface area contributed by atoms with Crippen LogP contribution in [0.1, 0.15) is 51.8 Å². The van der Waals surface area contributed by atoms with Crippen LogP contribution in [0.5, 0.6) is 0 Å². The normalized spacial score (nSPS) is 18.6. The van der Waals surface area contributed by atoms with Crippen molar-refractivity contribution in [2.75, 3.05) is 18.0 Å². The third-order valence-corrected chi connectivity index (χ3v) is 6.54. The number of benzene rings is 1. The minimum atomic E-state index is -0.117. The number of hydrogen-bond donors (Lipinski definition) is 1. The fraction of sp³-hybridized carbons (Fsp3) is 0.360. The molecule has 32 heavy (non-hydrogen) atoms. The summed E-state index contributed by atoms with van der Waals surface area (Å²) >= 11 is 0. The molecule has 5 rings (SSSR count). The zero-order chi connectivity index (χ0) is 22.1. The maximum absolute atomic E-state index is 13.0. The molecule has 0 saturated carbocycles. The monoisotopic (exact) mass is 433 g/mol. The molecule has 3 aromatic rings. The lowest BCUT2D eigenvalue weighted by Crippen LogP contribution is -2.46. The SMILES string of the molecule is CC1Cc2ccccc2N1Cc1occc1C(=O)NC1CCN(C(=O)c2ccoc2)CC1. The van der Waals surface area contributed by atoms with Gasteiger partial charge in [0.2, 0.25) is 0 Å². The first kappa shape index (κ1) is 20.4. The smallest absolute Gasteiger partial charge is 0.257 e. The Balaban J connectivity index is 1.20. The van der Waals surface area contributed by atoms with E-state index in [0.717, 1.165) is 19.3 Å². The maximum atomic E-state index is 13.0. The van der Waals surface area contributed by atoms with Gasteiger partial charge in [0, 0.05) is 30.9 Å². The van der Waals surface area contributed by atoms with Crippen LogP contribution in [-0.2, 0) is 13.0 Å². The highest BCUT2D eigenvalue weighted by molar-refractivity contribution is 5.95. The number of carbonyl (C=O) groups is 2. The molecule has 7 heteroatoms. The van der Waals surface area contributed by atoms with Gasteiger partial charge in [0.05, 0.1) is 30.2 Å². The summed E-state index contributed by atoms with van der Waals surface area (Å²) < 4.78 is 10.7. The largest absolute Gasteiger partial charge is 0.472 e. The second kappa shape index (κ2) is 8.57. The molecule has 2 aliphatic rings. The zero-order valence-electron chi connectivity index (χ0n) is 18.1. The number of piperidine rings is 1. The standard InChI is InChI=1S/C25H27N3O4/c1-17-14-18-4-2-3-5-22(18)28(17)15-23-21(9-13-32-23)24(29)26-20-6-10-27(11-7-20)25(30)19-8-12-31-16-19/h2-5,8-9,12-13,16-17,20H,6-7,10-11,14-15H2,1H3,(H,26,29). The minimum absolute atomic E-state index is 0.0272. The third kappa shape index (κ3) is 3.90. The molecule has 2 aliphatic heterocycles. The van der Waals surface area contributed by atoms with Crippen molar-refractivity contribution >= 4 is 17.5 Å². The summed E-state index contributed by atoms with van der Waals surface area (Å²) in [4.78, 5) is 29.6. The van der Waals surface area contributed by atoms with Gasteiger partial charge < -0.3 is 24.0 Å². The summed E-state index contributed by atoms with van der Waals surface area (Å²) in [6.45, 7) is 3.97. The third-order valence-electron chi connectivity index (χ3n) is 6.54. The molecule has 1 atom stereocenters. The van der Waals surface area contributed by atoms with Crippen LogP contribution in [0.4, 0.5) is 5.69 Å². The quantitative estimate of drug-likeness (QED) is 0.661. The van der Waals surface area contributed by atoms with Gasteiger partial charge in [0.15, 0.2) is 0 Å². The van der Waals surface area contributed by atoms with E-state index >= 15 is 0 Å². The molecule has 0 bridgehead atoms. The van der Waals surface area contributed by atoms with Gasteiger partial charge in [0.1, 0.15) is 12.0 Å². The van der Waals surface area contributed by atoms with Crippen LogP contribution in [0.3, 0.4) is 0 Å². The van der Waals surface area contributed by atoms with Crippen LogP contribution in [0.2, 0.25) is 0 Å². The van der Waals surface area contributed by atoms with E-state index in [2.05, 4.69) is 35.3 Å². The number of hydrogen-bond acceptors (Lipinski definition) is 5. The van der Waals surface area contributed by atoms with Crippen molar-refractivity contribution < 1.29 is 18.4 Å². The highest BCUT2D eigenvalue weighted by Gasteiger charge is 2.29. The molecule has 2 amide bonds. The molecular weight excluding hydrogens is 406 g/mol. The molecule has 2 aromatic heterocycles. The Morgan fingerprint density at radius 3 is 2.69 bits per heavy atom. The average Bonchev–Trinajstić information content (AvgIpc) is 3.55. The molecule has 1 aromatic carbocycles. The Kier molecular flexibility index (Phi) is 5.47. The maximum Gasteiger partial charge on any atom is 0.257 e. The van der Waals surface area contributed by atoms with Crippen molar-refractivity contribution in [1.29, 1.82) is 0 Å². The molecule has 1 unspecified atom stereocenters. The van der Waals surface area contributed by atoms with Crippen molar-refractivity contribution in [2.24, 2.45) is 0 Å². The lowest BCUT2D eigenvalue weighted by molar-refractivity contribution is 0.0697. The summed E-state index contributed by atoms with van der Waals surface area (Å²) in [5.74, 6) is 0.535. The number of amides is 2. The van der Waals surface area contributed by atoms with E-state index in [9.17, 15) is 9.59 Å². The summed E-state index contributed by atoms with van der Waals surface area (Å²) in [5, 5.41) is 3.14. The van der Waals surface area contributed by atoms with E-state index in [0.29, 0.717) is 42.6 Å². The molecular formula is C25H27N3O4. The highest BCUT2D eigenvalue weighted by Crippen LogP contribution is 2.33. The number of anilines is 1. The molecule has 0 aliphatic carbocycles. The van der Waals surface area contributed by atoms with E-state index in [1.54, 1.807) is 18.4 Å². The fourth-order valence-corrected chi connectivity index (χ4v) is 4.75. The first-order valence-corrected chi connectivity index (χ1v) is 11.1. The van der Waals surface area contributed by atoms with Gasteiger partial charge in [-0.05, 0) is 49.9 Å². The lowest BCUT2D eigenvalue weighted by Gasteiger charge is -2.32. The predicted octanol–water partition coefficient (Wildman–Crippen LogP) is 3.86. The van der Waals surface area contributed by atoms with E-state index in [-0.39, 0.29) is 17.9 Å². The number of rotatable bonds is 5. The Bertz CT molecular complexity index is 1100. The number of nitrogens with zero attached hydrogens (tertiary/aromatic N) is 2. The van der Waals surface area contributed by atoms with Crippen LogP contribution in [0.25, 0.3) is 0 Å². The van der Waals surface area contributed by atoms with Crippen LogP contribution < -0.4 is 10.2 Å². The lowest BCUT2D eigenvalue weighted by atomic mass is 10.0. The van der Waals surface area contributed by atoms with E-state index in [1.165, 1.54) is 23.8 Å². The van der Waals surface area contributed by atoms with Gasteiger partial charge in [-0.1, -0.05) is 18.2 Å². The number of fused-ring (bicyclic) bond motifs is 1. The van der Waals surface area contributed by atoms with Gasteiger partial charge in [-0.3, -0.25) is 9.59 Å². The van der Waals surface area contributed by atoms with Crippen molar-refractivity contribution in [3.8, 4) is 0 Å². The first-order valence-electron chi connectivity index (χ1n) is 11.1. The van der Waals surface area contributed by atoms with Gasteiger partial charge in [-0.25, -0.2) is 0 Å². The van der Waals surface area contributed by atoms with Crippen molar-refractivity contribution in [3.05, 3.63) is 77.6 Å². The fourth-order valence-electron chi connectivity index (χ4n) is 4.75. The predicted molar refractivity (Wildman–Crippen MR) is 120 cm³/mol. The van der Waals surface area contributed by atoms with E-state index in [1.807, 2.05) is 11.0 Å². The first-order chi connectivity index (χ1) is 15.6. The number of likely N-dealkylation sites (tertiary alicyclic amines) is 1. The van der Waals surface area contributed by atoms with Crippen LogP contribution in [0, 0.1) is 0 Å². The molecule has 1 N–H and O–H groups in total. The Morgan fingerprint density at radius 2 is 1.91 bits per heavy atom. The molecule has 7 nitrogen and oxygen atoms in total. The van der Waals surface area contributed by atoms with Gasteiger partial charge in [-0.2, -0.15) is 0 Å². The van der Waals surface area contributed by atoms with E-state index < -0.39 is 0 Å². The summed E-state index contributed by atoms with van der Waals surface area (Å²) in [7, 11) is 0. The molecule has 0 spiro atoms. The van der Waals surface area contributed by atoms with Crippen molar-refractivity contribution in [1.82, 2.24) is 10.2 Å². The molecule has 1 fully saturated rings. The number of furan rings is 2. The molecule has 166 valence electrons. The Hall–Kier alpha value is -3.48. The van der Waals surface area contributed by atoms with Crippen LogP contribution >= 0.6 is 0 Å². The van der Waals surface area contributed by atoms with Gasteiger partial charge in [0.25, 0.3) is 11.8 Å². The average molecular weight is 434 g/mol. The number of para-hydroxylation sites is 1. The molecule has 1 saturated heterocycles.